The SMILES string of the molecule is O=C(NCCCCCCI)C1CCOC1. The first-order valence-electron chi connectivity index (χ1n) is 5.76. The van der Waals surface area contributed by atoms with E-state index in [1.165, 1.54) is 23.7 Å². The van der Waals surface area contributed by atoms with Crippen LogP contribution < -0.4 is 5.32 Å². The number of ether oxygens (including phenoxy) is 1. The van der Waals surface area contributed by atoms with E-state index in [2.05, 4.69) is 27.9 Å². The molecule has 0 saturated carbocycles. The second kappa shape index (κ2) is 8.33. The van der Waals surface area contributed by atoms with Gasteiger partial charge in [0, 0.05) is 13.2 Å². The summed E-state index contributed by atoms with van der Waals surface area (Å²) in [5, 5.41) is 2.98. The fourth-order valence-electron chi connectivity index (χ4n) is 1.67. The maximum atomic E-state index is 11.5. The topological polar surface area (TPSA) is 38.3 Å². The molecular weight excluding hydrogens is 305 g/mol. The van der Waals surface area contributed by atoms with Gasteiger partial charge in [-0.15, -0.1) is 0 Å². The van der Waals surface area contributed by atoms with Crippen molar-refractivity contribution in [2.24, 2.45) is 5.92 Å². The molecule has 0 radical (unpaired) electrons. The maximum absolute atomic E-state index is 11.5. The summed E-state index contributed by atoms with van der Waals surface area (Å²) >= 11 is 2.40. The minimum Gasteiger partial charge on any atom is -0.381 e. The molecule has 0 bridgehead atoms. The van der Waals surface area contributed by atoms with Gasteiger partial charge in [0.1, 0.15) is 0 Å². The molecule has 0 aromatic heterocycles. The highest BCUT2D eigenvalue weighted by Crippen LogP contribution is 2.11. The van der Waals surface area contributed by atoms with Gasteiger partial charge in [0.2, 0.25) is 5.91 Å². The lowest BCUT2D eigenvalue weighted by molar-refractivity contribution is -0.124. The average molecular weight is 325 g/mol. The van der Waals surface area contributed by atoms with E-state index in [-0.39, 0.29) is 11.8 Å². The second-order valence-electron chi connectivity index (χ2n) is 3.95. The third kappa shape index (κ3) is 5.70. The predicted molar refractivity (Wildman–Crippen MR) is 69.3 cm³/mol. The van der Waals surface area contributed by atoms with Gasteiger partial charge in [-0.1, -0.05) is 35.4 Å². The summed E-state index contributed by atoms with van der Waals surface area (Å²) < 4.78 is 6.42. The molecule has 4 heteroatoms. The van der Waals surface area contributed by atoms with Gasteiger partial charge in [-0.25, -0.2) is 0 Å². The summed E-state index contributed by atoms with van der Waals surface area (Å²) in [7, 11) is 0. The number of nitrogens with one attached hydrogen (secondary N) is 1. The van der Waals surface area contributed by atoms with E-state index in [1.807, 2.05) is 0 Å². The highest BCUT2D eigenvalue weighted by molar-refractivity contribution is 14.1. The van der Waals surface area contributed by atoms with Gasteiger partial charge in [0.15, 0.2) is 0 Å². The number of halogens is 1. The first-order chi connectivity index (χ1) is 7.34. The summed E-state index contributed by atoms with van der Waals surface area (Å²) in [5.41, 5.74) is 0. The van der Waals surface area contributed by atoms with Crippen LogP contribution in [0.5, 0.6) is 0 Å². The van der Waals surface area contributed by atoms with Gasteiger partial charge in [-0.2, -0.15) is 0 Å². The third-order valence-electron chi connectivity index (χ3n) is 2.66. The fourth-order valence-corrected chi connectivity index (χ4v) is 2.21. The Morgan fingerprint density at radius 2 is 2.13 bits per heavy atom. The zero-order valence-electron chi connectivity index (χ0n) is 9.14. The standard InChI is InChI=1S/C11H20INO2/c12-6-3-1-2-4-7-13-11(14)10-5-8-15-9-10/h10H,1-9H2,(H,13,14). The molecule has 0 aliphatic carbocycles. The first-order valence-corrected chi connectivity index (χ1v) is 7.28. The van der Waals surface area contributed by atoms with E-state index < -0.39 is 0 Å². The van der Waals surface area contributed by atoms with Gasteiger partial charge in [-0.3, -0.25) is 4.79 Å². The first kappa shape index (κ1) is 13.2. The van der Waals surface area contributed by atoms with Crippen LogP contribution in [0.25, 0.3) is 0 Å². The number of hydrogen-bond donors (Lipinski definition) is 1. The van der Waals surface area contributed by atoms with Crippen LogP contribution in [-0.4, -0.2) is 30.1 Å². The summed E-state index contributed by atoms with van der Waals surface area (Å²) in [6.45, 7) is 2.19. The Morgan fingerprint density at radius 1 is 1.33 bits per heavy atom. The molecule has 1 heterocycles. The molecule has 1 aliphatic heterocycles. The predicted octanol–water partition coefficient (Wildman–Crippen LogP) is 2.13. The number of carbonyl (C=O) groups is 1. The van der Waals surface area contributed by atoms with E-state index in [0.717, 1.165) is 26.0 Å². The van der Waals surface area contributed by atoms with Crippen LogP contribution in [0.2, 0.25) is 0 Å². The molecule has 1 unspecified atom stereocenters. The molecule has 1 saturated heterocycles. The van der Waals surface area contributed by atoms with Crippen molar-refractivity contribution < 1.29 is 9.53 Å². The molecule has 1 amide bonds. The van der Waals surface area contributed by atoms with Crippen LogP contribution in [0.15, 0.2) is 0 Å². The van der Waals surface area contributed by atoms with Crippen LogP contribution in [0.4, 0.5) is 0 Å². The Morgan fingerprint density at radius 3 is 2.80 bits per heavy atom. The molecule has 1 rings (SSSR count). The molecule has 0 aromatic carbocycles. The molecule has 0 aromatic rings. The van der Waals surface area contributed by atoms with Crippen molar-refractivity contribution in [3.05, 3.63) is 0 Å². The number of amides is 1. The fraction of sp³-hybridized carbons (Fsp3) is 0.909. The molecule has 1 fully saturated rings. The molecule has 1 aliphatic rings. The van der Waals surface area contributed by atoms with Crippen LogP contribution >= 0.6 is 22.6 Å². The quantitative estimate of drug-likeness (QED) is 0.442. The number of unbranched alkanes of at least 4 members (excludes halogenated alkanes) is 3. The van der Waals surface area contributed by atoms with Crippen molar-refractivity contribution in [2.75, 3.05) is 24.2 Å². The summed E-state index contributed by atoms with van der Waals surface area (Å²) in [6.07, 6.45) is 5.80. The van der Waals surface area contributed by atoms with Crippen molar-refractivity contribution in [1.29, 1.82) is 0 Å². The molecular formula is C11H20INO2. The summed E-state index contributed by atoms with van der Waals surface area (Å²) in [5.74, 6) is 0.292. The number of hydrogen-bond acceptors (Lipinski definition) is 2. The Balaban J connectivity index is 1.92. The minimum atomic E-state index is 0.111. The van der Waals surface area contributed by atoms with E-state index >= 15 is 0 Å². The maximum Gasteiger partial charge on any atom is 0.225 e. The summed E-state index contributed by atoms with van der Waals surface area (Å²) in [4.78, 5) is 11.5. The lowest BCUT2D eigenvalue weighted by Crippen LogP contribution is -2.31. The Labute approximate surface area is 105 Å². The molecule has 15 heavy (non-hydrogen) atoms. The van der Waals surface area contributed by atoms with Crippen LogP contribution in [0, 0.1) is 5.92 Å². The number of alkyl halides is 1. The van der Waals surface area contributed by atoms with Gasteiger partial charge >= 0.3 is 0 Å². The van der Waals surface area contributed by atoms with Crippen LogP contribution in [-0.2, 0) is 9.53 Å². The monoisotopic (exact) mass is 325 g/mol. The van der Waals surface area contributed by atoms with Crippen molar-refractivity contribution in [3.63, 3.8) is 0 Å². The smallest absolute Gasteiger partial charge is 0.225 e. The van der Waals surface area contributed by atoms with Crippen molar-refractivity contribution in [2.45, 2.75) is 32.1 Å². The molecule has 0 spiro atoms. The van der Waals surface area contributed by atoms with E-state index in [4.69, 9.17) is 4.74 Å². The third-order valence-corrected chi connectivity index (χ3v) is 3.42. The molecule has 3 nitrogen and oxygen atoms in total. The van der Waals surface area contributed by atoms with Gasteiger partial charge in [-0.05, 0) is 23.7 Å². The van der Waals surface area contributed by atoms with Crippen LogP contribution in [0.1, 0.15) is 32.1 Å². The van der Waals surface area contributed by atoms with Crippen molar-refractivity contribution in [1.82, 2.24) is 5.32 Å². The lowest BCUT2D eigenvalue weighted by Gasteiger charge is -2.08. The van der Waals surface area contributed by atoms with Crippen LogP contribution in [0.3, 0.4) is 0 Å². The summed E-state index contributed by atoms with van der Waals surface area (Å²) in [6, 6.07) is 0. The highest BCUT2D eigenvalue weighted by Gasteiger charge is 2.22. The highest BCUT2D eigenvalue weighted by atomic mass is 127. The average Bonchev–Trinajstić information content (AvgIpc) is 2.76. The Hall–Kier alpha value is 0.160. The Bertz CT molecular complexity index is 181. The Kier molecular flexibility index (Phi) is 7.34. The van der Waals surface area contributed by atoms with E-state index in [9.17, 15) is 4.79 Å². The second-order valence-corrected chi connectivity index (χ2v) is 5.03. The normalized spacial score (nSPS) is 20.5. The molecule has 88 valence electrons. The van der Waals surface area contributed by atoms with Gasteiger partial charge in [0.25, 0.3) is 0 Å². The molecule has 1 N–H and O–H groups in total. The number of carbonyl (C=O) groups excluding carboxylic acids is 1. The number of rotatable bonds is 7. The van der Waals surface area contributed by atoms with Crippen molar-refractivity contribution in [3.8, 4) is 0 Å². The largest absolute Gasteiger partial charge is 0.381 e. The van der Waals surface area contributed by atoms with Gasteiger partial charge in [0.05, 0.1) is 12.5 Å². The lowest BCUT2D eigenvalue weighted by atomic mass is 10.1. The van der Waals surface area contributed by atoms with E-state index in [0.29, 0.717) is 6.61 Å². The van der Waals surface area contributed by atoms with Crippen molar-refractivity contribution >= 4 is 28.5 Å². The van der Waals surface area contributed by atoms with Gasteiger partial charge < -0.3 is 10.1 Å². The zero-order chi connectivity index (χ0) is 10.9. The molecule has 1 atom stereocenters. The minimum absolute atomic E-state index is 0.111. The van der Waals surface area contributed by atoms with E-state index in [1.54, 1.807) is 0 Å². The zero-order valence-corrected chi connectivity index (χ0v) is 11.3.